The van der Waals surface area contributed by atoms with Crippen molar-refractivity contribution in [3.05, 3.63) is 34.4 Å². The fourth-order valence-corrected chi connectivity index (χ4v) is 6.88. The molecule has 0 aromatic heterocycles. The lowest BCUT2D eigenvalue weighted by atomic mass is 9.79. The number of nitrogens with zero attached hydrogens (tertiary/aromatic N) is 3. The van der Waals surface area contributed by atoms with Crippen LogP contribution in [0.15, 0.2) is 28.8 Å². The highest BCUT2D eigenvalue weighted by molar-refractivity contribution is 8.03. The molecule has 3 aliphatic rings. The highest BCUT2D eigenvalue weighted by atomic mass is 32.2. The SMILES string of the molecule is C[C@@H](O)[C@H]1C(=O)N2C(C(=O)O)=C(S[C@H]3C[C@@H](C(=O)N(C)C)N(C(=O)c4cccc(O)c4O)C3)[C@H](C)[C@H]12. The Morgan fingerprint density at radius 3 is 2.44 bits per heavy atom. The molecule has 2 fully saturated rings. The van der Waals surface area contributed by atoms with Crippen LogP contribution >= 0.6 is 11.8 Å². The van der Waals surface area contributed by atoms with Gasteiger partial charge in [-0.05, 0) is 25.5 Å². The molecule has 36 heavy (non-hydrogen) atoms. The van der Waals surface area contributed by atoms with Crippen LogP contribution in [0.25, 0.3) is 0 Å². The number of β-lactam (4-membered cyclic amide) rings is 1. The number of rotatable bonds is 6. The van der Waals surface area contributed by atoms with Gasteiger partial charge in [0, 0.05) is 36.7 Å². The van der Waals surface area contributed by atoms with E-state index in [4.69, 9.17) is 0 Å². The molecule has 2 saturated heterocycles. The topological polar surface area (TPSA) is 159 Å². The van der Waals surface area contributed by atoms with Crippen molar-refractivity contribution in [2.45, 2.75) is 43.7 Å². The number of aliphatic hydroxyl groups is 1. The van der Waals surface area contributed by atoms with Crippen LogP contribution < -0.4 is 0 Å². The number of likely N-dealkylation sites (tertiary alicyclic amines) is 1. The van der Waals surface area contributed by atoms with E-state index in [1.807, 2.05) is 6.92 Å². The van der Waals surface area contributed by atoms with E-state index < -0.39 is 53.4 Å². The second-order valence-electron chi connectivity index (χ2n) is 9.63. The van der Waals surface area contributed by atoms with Crippen LogP contribution in [0.5, 0.6) is 11.5 Å². The summed E-state index contributed by atoms with van der Waals surface area (Å²) in [6, 6.07) is 2.68. The number of phenols is 2. The van der Waals surface area contributed by atoms with Crippen LogP contribution in [0.3, 0.4) is 0 Å². The molecule has 0 radical (unpaired) electrons. The first-order valence-corrected chi connectivity index (χ1v) is 12.4. The van der Waals surface area contributed by atoms with Crippen molar-refractivity contribution < 1.29 is 39.6 Å². The number of aliphatic hydroxyl groups excluding tert-OH is 1. The molecule has 12 heteroatoms. The zero-order chi connectivity index (χ0) is 26.6. The lowest BCUT2D eigenvalue weighted by molar-refractivity contribution is -0.163. The number of aromatic hydroxyl groups is 2. The number of para-hydroxylation sites is 1. The largest absolute Gasteiger partial charge is 0.504 e. The van der Waals surface area contributed by atoms with Gasteiger partial charge in [0.15, 0.2) is 11.5 Å². The van der Waals surface area contributed by atoms with Crippen molar-refractivity contribution in [2.75, 3.05) is 20.6 Å². The summed E-state index contributed by atoms with van der Waals surface area (Å²) in [5.41, 5.74) is -0.267. The molecule has 1 aromatic rings. The zero-order valence-corrected chi connectivity index (χ0v) is 21.1. The molecule has 4 N–H and O–H groups in total. The van der Waals surface area contributed by atoms with E-state index in [-0.39, 0.29) is 41.3 Å². The van der Waals surface area contributed by atoms with Gasteiger partial charge in [-0.15, -0.1) is 11.8 Å². The Morgan fingerprint density at radius 2 is 1.86 bits per heavy atom. The molecule has 0 saturated carbocycles. The Bertz CT molecular complexity index is 1170. The van der Waals surface area contributed by atoms with Crippen LogP contribution in [0.1, 0.15) is 30.6 Å². The van der Waals surface area contributed by atoms with E-state index in [0.717, 1.165) is 0 Å². The number of hydrogen-bond donors (Lipinski definition) is 4. The number of amides is 3. The number of carbonyl (C=O) groups is 4. The molecule has 6 atom stereocenters. The van der Waals surface area contributed by atoms with Gasteiger partial charge in [0.05, 0.1) is 23.6 Å². The predicted octanol–water partition coefficient (Wildman–Crippen LogP) is 0.656. The van der Waals surface area contributed by atoms with Crippen LogP contribution in [-0.2, 0) is 14.4 Å². The monoisotopic (exact) mass is 519 g/mol. The molecular weight excluding hydrogens is 490 g/mol. The molecule has 3 aliphatic heterocycles. The highest BCUT2D eigenvalue weighted by Crippen LogP contribution is 2.52. The van der Waals surface area contributed by atoms with E-state index in [0.29, 0.717) is 4.91 Å². The summed E-state index contributed by atoms with van der Waals surface area (Å²) < 4.78 is 0. The number of hydrogen-bond acceptors (Lipinski definition) is 8. The van der Waals surface area contributed by atoms with Crippen molar-refractivity contribution in [3.8, 4) is 11.5 Å². The second-order valence-corrected chi connectivity index (χ2v) is 11.0. The number of carbonyl (C=O) groups excluding carboxylic acids is 3. The molecule has 194 valence electrons. The summed E-state index contributed by atoms with van der Waals surface area (Å²) in [7, 11) is 3.13. The van der Waals surface area contributed by atoms with Gasteiger partial charge in [-0.1, -0.05) is 13.0 Å². The van der Waals surface area contributed by atoms with Crippen molar-refractivity contribution in [3.63, 3.8) is 0 Å². The number of phenolic OH excluding ortho intramolecular Hbond substituents is 2. The van der Waals surface area contributed by atoms with Crippen molar-refractivity contribution in [2.24, 2.45) is 11.8 Å². The smallest absolute Gasteiger partial charge is 0.353 e. The Labute approximate surface area is 212 Å². The minimum atomic E-state index is -1.25. The maximum absolute atomic E-state index is 13.3. The molecule has 3 heterocycles. The van der Waals surface area contributed by atoms with Gasteiger partial charge in [0.2, 0.25) is 11.8 Å². The third-order valence-corrected chi connectivity index (χ3v) is 8.59. The number of thioether (sulfide) groups is 1. The maximum Gasteiger partial charge on any atom is 0.353 e. The van der Waals surface area contributed by atoms with Gasteiger partial charge in [0.25, 0.3) is 5.91 Å². The van der Waals surface area contributed by atoms with Crippen LogP contribution in [-0.4, -0.2) is 103 Å². The average molecular weight is 520 g/mol. The van der Waals surface area contributed by atoms with Crippen molar-refractivity contribution in [1.82, 2.24) is 14.7 Å². The van der Waals surface area contributed by atoms with Gasteiger partial charge < -0.3 is 35.1 Å². The Hall–Kier alpha value is -3.25. The van der Waals surface area contributed by atoms with Gasteiger partial charge in [-0.2, -0.15) is 0 Å². The van der Waals surface area contributed by atoms with Gasteiger partial charge in [0.1, 0.15) is 11.7 Å². The molecule has 1 aromatic carbocycles. The fourth-order valence-electron chi connectivity index (χ4n) is 5.36. The van der Waals surface area contributed by atoms with Crippen LogP contribution in [0.4, 0.5) is 0 Å². The standard InChI is InChI=1S/C24H29N3O8S/c1-10-17-16(11(2)28)23(33)27(17)18(24(34)35)20(10)36-12-8-14(22(32)25(3)4)26(9-12)21(31)13-6-5-7-15(29)19(13)30/h5-7,10-12,14,16-17,28-30H,8-9H2,1-4H3,(H,34,35)/t10-,11-,12+,14+,16-,17-/m1/s1. The van der Waals surface area contributed by atoms with Gasteiger partial charge >= 0.3 is 5.97 Å². The second kappa shape index (κ2) is 9.32. The summed E-state index contributed by atoms with van der Waals surface area (Å²) in [5, 5.41) is 39.6. The number of carboxylic acids is 1. The minimum Gasteiger partial charge on any atom is -0.504 e. The van der Waals surface area contributed by atoms with Crippen LogP contribution in [0.2, 0.25) is 0 Å². The highest BCUT2D eigenvalue weighted by Gasteiger charge is 2.60. The van der Waals surface area contributed by atoms with E-state index in [1.165, 1.54) is 51.6 Å². The Balaban J connectivity index is 1.64. The molecule has 0 aliphatic carbocycles. The fraction of sp³-hybridized carbons (Fsp3) is 0.500. The summed E-state index contributed by atoms with van der Waals surface area (Å²) in [5.74, 6) is -4.72. The van der Waals surface area contributed by atoms with Gasteiger partial charge in [-0.3, -0.25) is 14.4 Å². The first kappa shape index (κ1) is 25.8. The summed E-state index contributed by atoms with van der Waals surface area (Å²) in [4.78, 5) is 55.4. The summed E-state index contributed by atoms with van der Waals surface area (Å²) in [6.07, 6.45) is -0.688. The maximum atomic E-state index is 13.3. The lowest BCUT2D eigenvalue weighted by Crippen LogP contribution is -2.63. The molecule has 11 nitrogen and oxygen atoms in total. The molecule has 0 spiro atoms. The average Bonchev–Trinajstić information content (AvgIpc) is 3.32. The lowest BCUT2D eigenvalue weighted by Gasteiger charge is -2.46. The zero-order valence-electron chi connectivity index (χ0n) is 20.3. The Morgan fingerprint density at radius 1 is 1.19 bits per heavy atom. The quantitative estimate of drug-likeness (QED) is 0.313. The molecule has 4 rings (SSSR count). The molecular formula is C24H29N3O8S. The van der Waals surface area contributed by atoms with E-state index >= 15 is 0 Å². The third kappa shape index (κ3) is 3.97. The Kier molecular flexibility index (Phi) is 6.69. The first-order valence-electron chi connectivity index (χ1n) is 11.5. The van der Waals surface area contributed by atoms with Crippen molar-refractivity contribution >= 4 is 35.5 Å². The number of likely N-dealkylation sites (N-methyl/N-ethyl adjacent to an activating group) is 1. The molecule has 3 amide bonds. The molecule has 0 bridgehead atoms. The number of carboxylic acid groups (broad SMARTS) is 1. The predicted molar refractivity (Wildman–Crippen MR) is 129 cm³/mol. The normalized spacial score (nSPS) is 28.1. The van der Waals surface area contributed by atoms with Gasteiger partial charge in [-0.25, -0.2) is 4.79 Å². The van der Waals surface area contributed by atoms with Crippen molar-refractivity contribution in [1.29, 1.82) is 0 Å². The first-order chi connectivity index (χ1) is 16.9. The third-order valence-electron chi connectivity index (χ3n) is 7.10. The number of benzene rings is 1. The number of aliphatic carboxylic acids is 1. The van der Waals surface area contributed by atoms with E-state index in [9.17, 15) is 39.6 Å². The number of fused-ring (bicyclic) bond motifs is 1. The van der Waals surface area contributed by atoms with E-state index in [1.54, 1.807) is 14.1 Å². The summed E-state index contributed by atoms with van der Waals surface area (Å²) in [6.45, 7) is 3.40. The summed E-state index contributed by atoms with van der Waals surface area (Å²) >= 11 is 1.23. The van der Waals surface area contributed by atoms with Crippen LogP contribution in [0, 0.1) is 11.8 Å². The van der Waals surface area contributed by atoms with E-state index in [2.05, 4.69) is 0 Å². The molecule has 0 unspecified atom stereocenters. The minimum absolute atomic E-state index is 0.0877.